The maximum atomic E-state index is 12.1. The molecule has 0 aromatic carbocycles. The summed E-state index contributed by atoms with van der Waals surface area (Å²) in [6.45, 7) is 0.298. The molecule has 9 nitrogen and oxygen atoms in total. The molecule has 0 aliphatic rings. The van der Waals surface area contributed by atoms with Crippen LogP contribution in [-0.4, -0.2) is 61.6 Å². The second-order valence-corrected chi connectivity index (χ2v) is 7.56. The van der Waals surface area contributed by atoms with Crippen LogP contribution in [0.15, 0.2) is 55.1 Å². The summed E-state index contributed by atoms with van der Waals surface area (Å²) < 4.78 is 0. The molecule has 0 saturated carbocycles. The van der Waals surface area contributed by atoms with Crippen molar-refractivity contribution in [2.45, 2.75) is 0 Å². The van der Waals surface area contributed by atoms with E-state index < -0.39 is 0 Å². The topological polar surface area (TPSA) is 115 Å². The number of carbonyl (C=O) groups excluding carboxylic acids is 1. The summed E-state index contributed by atoms with van der Waals surface area (Å²) in [5.41, 5.74) is 6.34. The first-order chi connectivity index (χ1) is 15.1. The van der Waals surface area contributed by atoms with Gasteiger partial charge in [0.2, 0.25) is 5.91 Å². The lowest BCUT2D eigenvalue weighted by molar-refractivity contribution is -0.116. The first-order valence-electron chi connectivity index (χ1n) is 9.75. The number of hydrogen-bond acceptors (Lipinski definition) is 6. The van der Waals surface area contributed by atoms with Crippen LogP contribution in [-0.2, 0) is 4.79 Å². The summed E-state index contributed by atoms with van der Waals surface area (Å²) in [5.74, 6) is -0.0993. The molecule has 0 fully saturated rings. The van der Waals surface area contributed by atoms with E-state index in [0.717, 1.165) is 44.6 Å². The zero-order valence-electron chi connectivity index (χ0n) is 17.0. The van der Waals surface area contributed by atoms with Crippen molar-refractivity contribution < 1.29 is 4.79 Å². The van der Waals surface area contributed by atoms with Gasteiger partial charge < -0.3 is 15.2 Å². The Morgan fingerprint density at radius 1 is 1.06 bits per heavy atom. The zero-order chi connectivity index (χ0) is 21.4. The van der Waals surface area contributed by atoms with Crippen LogP contribution in [0.25, 0.3) is 44.6 Å². The zero-order valence-corrected chi connectivity index (χ0v) is 17.0. The number of aromatic amines is 2. The smallest absolute Gasteiger partial charge is 0.238 e. The highest BCUT2D eigenvalue weighted by molar-refractivity contribution is 5.95. The highest BCUT2D eigenvalue weighted by atomic mass is 16.2. The van der Waals surface area contributed by atoms with E-state index in [1.807, 2.05) is 55.5 Å². The fourth-order valence-electron chi connectivity index (χ4n) is 3.48. The van der Waals surface area contributed by atoms with Gasteiger partial charge in [-0.05, 0) is 44.4 Å². The molecule has 0 aliphatic heterocycles. The Kier molecular flexibility index (Phi) is 4.64. The average molecular weight is 412 g/mol. The molecular formula is C22H20N8O. The number of hydrogen-bond donors (Lipinski definition) is 3. The summed E-state index contributed by atoms with van der Waals surface area (Å²) in [6.07, 6.45) is 6.91. The molecule has 0 atom stereocenters. The Morgan fingerprint density at radius 3 is 2.81 bits per heavy atom. The van der Waals surface area contributed by atoms with E-state index in [4.69, 9.17) is 4.98 Å². The molecule has 5 heterocycles. The van der Waals surface area contributed by atoms with Gasteiger partial charge in [0.25, 0.3) is 0 Å². The Balaban J connectivity index is 1.51. The number of H-pyrrole nitrogens is 2. The first-order valence-corrected chi connectivity index (χ1v) is 9.75. The molecule has 31 heavy (non-hydrogen) atoms. The van der Waals surface area contributed by atoms with Crippen molar-refractivity contribution in [3.63, 3.8) is 0 Å². The van der Waals surface area contributed by atoms with Crippen LogP contribution in [0, 0.1) is 0 Å². The number of likely N-dealkylation sites (N-methyl/N-ethyl adjacent to an activating group) is 1. The van der Waals surface area contributed by atoms with Crippen LogP contribution in [0.4, 0.5) is 5.69 Å². The van der Waals surface area contributed by atoms with E-state index >= 15 is 0 Å². The third-order valence-corrected chi connectivity index (χ3v) is 4.86. The molecular weight excluding hydrogens is 392 g/mol. The highest BCUT2D eigenvalue weighted by Gasteiger charge is 2.14. The predicted molar refractivity (Wildman–Crippen MR) is 119 cm³/mol. The van der Waals surface area contributed by atoms with Gasteiger partial charge in [-0.2, -0.15) is 5.10 Å². The van der Waals surface area contributed by atoms with Crippen molar-refractivity contribution in [1.29, 1.82) is 0 Å². The molecule has 0 unspecified atom stereocenters. The van der Waals surface area contributed by atoms with Gasteiger partial charge in [0, 0.05) is 35.1 Å². The van der Waals surface area contributed by atoms with E-state index in [1.54, 1.807) is 18.6 Å². The van der Waals surface area contributed by atoms with Gasteiger partial charge in [0.1, 0.15) is 11.2 Å². The molecule has 3 N–H and O–H groups in total. The second-order valence-electron chi connectivity index (χ2n) is 7.56. The lowest BCUT2D eigenvalue weighted by Gasteiger charge is -2.10. The van der Waals surface area contributed by atoms with Crippen molar-refractivity contribution in [1.82, 2.24) is 35.0 Å². The third-order valence-electron chi connectivity index (χ3n) is 4.86. The Labute approximate surface area is 177 Å². The molecule has 5 aromatic heterocycles. The van der Waals surface area contributed by atoms with Crippen molar-refractivity contribution >= 4 is 33.5 Å². The van der Waals surface area contributed by atoms with Crippen molar-refractivity contribution in [2.75, 3.05) is 26.0 Å². The lowest BCUT2D eigenvalue weighted by atomic mass is 10.1. The number of anilines is 1. The fourth-order valence-corrected chi connectivity index (χ4v) is 3.48. The number of nitrogens with zero attached hydrogens (tertiary/aromatic N) is 5. The van der Waals surface area contributed by atoms with Crippen LogP contribution < -0.4 is 5.32 Å². The van der Waals surface area contributed by atoms with Crippen LogP contribution in [0.1, 0.15) is 0 Å². The van der Waals surface area contributed by atoms with E-state index in [0.29, 0.717) is 12.2 Å². The Hall–Kier alpha value is -4.11. The summed E-state index contributed by atoms with van der Waals surface area (Å²) in [6, 6.07) is 9.64. The van der Waals surface area contributed by atoms with Crippen LogP contribution >= 0.6 is 0 Å². The molecule has 1 amide bonds. The molecule has 0 saturated heterocycles. The van der Waals surface area contributed by atoms with E-state index in [-0.39, 0.29) is 5.91 Å². The molecule has 0 radical (unpaired) electrons. The van der Waals surface area contributed by atoms with Gasteiger partial charge in [0.15, 0.2) is 0 Å². The number of aromatic nitrogens is 6. The summed E-state index contributed by atoms with van der Waals surface area (Å²) in [4.78, 5) is 30.5. The molecule has 5 rings (SSSR count). The van der Waals surface area contributed by atoms with Gasteiger partial charge in [-0.15, -0.1) is 0 Å². The van der Waals surface area contributed by atoms with Gasteiger partial charge in [-0.25, -0.2) is 4.98 Å². The largest absolute Gasteiger partial charge is 0.353 e. The van der Waals surface area contributed by atoms with Crippen molar-refractivity contribution in [2.24, 2.45) is 0 Å². The monoisotopic (exact) mass is 412 g/mol. The number of rotatable bonds is 5. The molecule has 5 aromatic rings. The van der Waals surface area contributed by atoms with E-state index in [2.05, 4.69) is 30.5 Å². The second kappa shape index (κ2) is 7.62. The molecule has 0 bridgehead atoms. The van der Waals surface area contributed by atoms with Crippen LogP contribution in [0.5, 0.6) is 0 Å². The van der Waals surface area contributed by atoms with Crippen LogP contribution in [0.3, 0.4) is 0 Å². The number of carbonyl (C=O) groups is 1. The quantitative estimate of drug-likeness (QED) is 0.409. The third kappa shape index (κ3) is 3.74. The molecule has 0 aliphatic carbocycles. The Morgan fingerprint density at radius 2 is 1.97 bits per heavy atom. The van der Waals surface area contributed by atoms with E-state index in [1.165, 1.54) is 0 Å². The number of pyridine rings is 3. The minimum Gasteiger partial charge on any atom is -0.353 e. The summed E-state index contributed by atoms with van der Waals surface area (Å²) >= 11 is 0. The standard InChI is InChI=1S/C22H20N8O/c1-30(2)12-20(31)25-15-7-13(10-24-11-15)16-3-4-18-21(27-16)22(29-28-18)19-8-14-9-23-6-5-17(14)26-19/h3-11,26H,12H2,1-2H3,(H,25,31)(H,28,29). The van der Waals surface area contributed by atoms with Gasteiger partial charge >= 0.3 is 0 Å². The van der Waals surface area contributed by atoms with E-state index in [9.17, 15) is 4.79 Å². The lowest BCUT2D eigenvalue weighted by Crippen LogP contribution is -2.27. The molecule has 9 heteroatoms. The first kappa shape index (κ1) is 18.9. The number of amides is 1. The Bertz CT molecular complexity index is 1370. The predicted octanol–water partition coefficient (Wildman–Crippen LogP) is 3.06. The molecule has 154 valence electrons. The van der Waals surface area contributed by atoms with Gasteiger partial charge in [-0.1, -0.05) is 0 Å². The van der Waals surface area contributed by atoms with Crippen LogP contribution in [0.2, 0.25) is 0 Å². The number of nitrogens with one attached hydrogen (secondary N) is 3. The van der Waals surface area contributed by atoms with Crippen molar-refractivity contribution in [3.8, 4) is 22.6 Å². The normalized spacial score (nSPS) is 11.5. The number of fused-ring (bicyclic) bond motifs is 2. The van der Waals surface area contributed by atoms with Crippen molar-refractivity contribution in [3.05, 3.63) is 55.1 Å². The highest BCUT2D eigenvalue weighted by Crippen LogP contribution is 2.29. The van der Waals surface area contributed by atoms with Gasteiger partial charge in [-0.3, -0.25) is 19.9 Å². The summed E-state index contributed by atoms with van der Waals surface area (Å²) in [5, 5.41) is 11.4. The minimum atomic E-state index is -0.0993. The minimum absolute atomic E-state index is 0.0993. The van der Waals surface area contributed by atoms with Gasteiger partial charge in [0.05, 0.1) is 35.3 Å². The average Bonchev–Trinajstić information content (AvgIpc) is 3.36. The maximum absolute atomic E-state index is 12.1. The molecule has 0 spiro atoms. The fraction of sp³-hybridized carbons (Fsp3) is 0.136. The summed E-state index contributed by atoms with van der Waals surface area (Å²) in [7, 11) is 3.69. The SMILES string of the molecule is CN(C)CC(=O)Nc1cncc(-c2ccc3[nH]nc(-c4cc5cnccc5[nH]4)c3n2)c1. The maximum Gasteiger partial charge on any atom is 0.238 e.